The molecule has 0 saturated heterocycles. The van der Waals surface area contributed by atoms with Crippen molar-refractivity contribution in [2.75, 3.05) is 6.61 Å². The number of benzene rings is 1. The van der Waals surface area contributed by atoms with E-state index in [0.29, 0.717) is 24.0 Å². The fourth-order valence-corrected chi connectivity index (χ4v) is 1.93. The molecule has 3 rings (SSSR count). The van der Waals surface area contributed by atoms with Gasteiger partial charge in [-0.1, -0.05) is 18.2 Å². The van der Waals surface area contributed by atoms with E-state index in [1.807, 2.05) is 37.3 Å². The molecular formula is C13H12N4O2. The predicted octanol–water partition coefficient (Wildman–Crippen LogP) is 1.71. The highest BCUT2D eigenvalue weighted by Gasteiger charge is 2.10. The molecule has 0 amide bonds. The van der Waals surface area contributed by atoms with E-state index in [1.165, 1.54) is 0 Å². The monoisotopic (exact) mass is 256 g/mol. The summed E-state index contributed by atoms with van der Waals surface area (Å²) in [4.78, 5) is 18.1. The zero-order valence-electron chi connectivity index (χ0n) is 10.3. The van der Waals surface area contributed by atoms with Gasteiger partial charge in [0.1, 0.15) is 5.69 Å². The molecule has 0 atom stereocenters. The lowest BCUT2D eigenvalue weighted by molar-refractivity contribution is 0.331. The summed E-state index contributed by atoms with van der Waals surface area (Å²) in [6, 6.07) is 9.65. The Hall–Kier alpha value is -2.63. The summed E-state index contributed by atoms with van der Waals surface area (Å²) in [5, 5.41) is 8.13. The molecule has 0 unspecified atom stereocenters. The van der Waals surface area contributed by atoms with Crippen LogP contribution in [0.3, 0.4) is 0 Å². The van der Waals surface area contributed by atoms with Gasteiger partial charge in [-0.15, -0.1) is 0 Å². The van der Waals surface area contributed by atoms with E-state index in [2.05, 4.69) is 20.2 Å². The Kier molecular flexibility index (Phi) is 2.75. The summed E-state index contributed by atoms with van der Waals surface area (Å²) >= 11 is 0. The Balaban J connectivity index is 2.23. The molecule has 2 heterocycles. The third-order valence-corrected chi connectivity index (χ3v) is 2.73. The van der Waals surface area contributed by atoms with E-state index in [0.717, 1.165) is 10.8 Å². The van der Waals surface area contributed by atoms with Gasteiger partial charge in [0.05, 0.1) is 6.61 Å². The van der Waals surface area contributed by atoms with Crippen LogP contribution >= 0.6 is 0 Å². The fourth-order valence-electron chi connectivity index (χ4n) is 1.93. The second-order valence-electron chi connectivity index (χ2n) is 3.99. The van der Waals surface area contributed by atoms with Crippen LogP contribution in [0.5, 0.6) is 5.88 Å². The first kappa shape index (κ1) is 11.5. The van der Waals surface area contributed by atoms with Gasteiger partial charge in [0.2, 0.25) is 5.88 Å². The second kappa shape index (κ2) is 4.56. The number of aromatic nitrogens is 4. The van der Waals surface area contributed by atoms with Crippen molar-refractivity contribution in [2.45, 2.75) is 6.92 Å². The van der Waals surface area contributed by atoms with Crippen LogP contribution in [0, 0.1) is 0 Å². The first-order chi connectivity index (χ1) is 9.28. The maximum absolute atomic E-state index is 11.1. The minimum Gasteiger partial charge on any atom is -0.478 e. The number of H-pyrrole nitrogens is 2. The van der Waals surface area contributed by atoms with E-state index in [9.17, 15) is 4.79 Å². The van der Waals surface area contributed by atoms with Crippen LogP contribution < -0.4 is 10.4 Å². The maximum Gasteiger partial charge on any atom is 0.340 e. The molecule has 6 heteroatoms. The molecule has 0 aliphatic heterocycles. The molecule has 6 nitrogen and oxygen atoms in total. The number of aromatic amines is 2. The summed E-state index contributed by atoms with van der Waals surface area (Å²) in [6.07, 6.45) is 0. The average molecular weight is 256 g/mol. The van der Waals surface area contributed by atoms with Crippen molar-refractivity contribution in [2.24, 2.45) is 0 Å². The average Bonchev–Trinajstić information content (AvgIpc) is 2.86. The maximum atomic E-state index is 11.1. The van der Waals surface area contributed by atoms with E-state index < -0.39 is 0 Å². The fraction of sp³-hybridized carbons (Fsp3) is 0.154. The van der Waals surface area contributed by atoms with Crippen LogP contribution in [-0.4, -0.2) is 26.8 Å². The van der Waals surface area contributed by atoms with Crippen LogP contribution in [0.1, 0.15) is 6.92 Å². The number of hydrogen-bond acceptors (Lipinski definition) is 4. The van der Waals surface area contributed by atoms with Crippen molar-refractivity contribution in [3.8, 4) is 17.4 Å². The lowest BCUT2D eigenvalue weighted by atomic mass is 10.1. The van der Waals surface area contributed by atoms with Crippen LogP contribution in [0.4, 0.5) is 0 Å². The van der Waals surface area contributed by atoms with Gasteiger partial charge >= 0.3 is 5.69 Å². The summed E-state index contributed by atoms with van der Waals surface area (Å²) in [5.41, 5.74) is 0.211. The van der Waals surface area contributed by atoms with Gasteiger partial charge in [-0.2, -0.15) is 5.10 Å². The highest BCUT2D eigenvalue weighted by atomic mass is 16.5. The summed E-state index contributed by atoms with van der Waals surface area (Å²) in [7, 11) is 0. The highest BCUT2D eigenvalue weighted by molar-refractivity contribution is 5.89. The molecule has 3 aromatic rings. The van der Waals surface area contributed by atoms with Crippen LogP contribution in [0.15, 0.2) is 35.1 Å². The Bertz CT molecular complexity index is 775. The molecule has 0 fully saturated rings. The molecule has 1 aromatic carbocycles. The van der Waals surface area contributed by atoms with E-state index >= 15 is 0 Å². The summed E-state index contributed by atoms with van der Waals surface area (Å²) in [5.74, 6) is 0.941. The van der Waals surface area contributed by atoms with E-state index in [4.69, 9.17) is 4.74 Å². The number of rotatable bonds is 3. The first-order valence-electron chi connectivity index (χ1n) is 5.95. The van der Waals surface area contributed by atoms with E-state index in [1.54, 1.807) is 0 Å². The van der Waals surface area contributed by atoms with Gasteiger partial charge in [0.15, 0.2) is 5.82 Å². The van der Waals surface area contributed by atoms with Gasteiger partial charge in [0, 0.05) is 5.39 Å². The molecular weight excluding hydrogens is 244 g/mol. The molecule has 0 bridgehead atoms. The number of hydrogen-bond donors (Lipinski definition) is 2. The van der Waals surface area contributed by atoms with Crippen molar-refractivity contribution in [1.29, 1.82) is 0 Å². The molecule has 0 aliphatic carbocycles. The molecule has 2 N–H and O–H groups in total. The quantitative estimate of drug-likeness (QED) is 0.747. The number of fused-ring (bicyclic) bond motifs is 1. The van der Waals surface area contributed by atoms with Crippen LogP contribution in [-0.2, 0) is 0 Å². The number of pyridine rings is 1. The number of nitrogens with one attached hydrogen (secondary N) is 2. The molecule has 2 aromatic heterocycles. The second-order valence-corrected chi connectivity index (χ2v) is 3.99. The van der Waals surface area contributed by atoms with Crippen molar-refractivity contribution >= 4 is 10.8 Å². The zero-order chi connectivity index (χ0) is 13.2. The topological polar surface area (TPSA) is 83.7 Å². The molecule has 0 aliphatic rings. The minimum atomic E-state index is -0.358. The molecule has 0 saturated carbocycles. The predicted molar refractivity (Wildman–Crippen MR) is 71.1 cm³/mol. The minimum absolute atomic E-state index is 0.358. The van der Waals surface area contributed by atoms with Crippen molar-refractivity contribution < 1.29 is 4.74 Å². The van der Waals surface area contributed by atoms with Gasteiger partial charge in [-0.3, -0.25) is 4.98 Å². The number of ether oxygens (including phenoxy) is 1. The van der Waals surface area contributed by atoms with Gasteiger partial charge in [-0.05, 0) is 24.4 Å². The standard InChI is InChI=1S/C13H12N4O2/c1-2-19-12-9-6-4-3-5-8(9)7-10(14-12)11-15-13(18)17-16-11/h3-7H,2H2,1H3,(H2,15,16,17,18). The van der Waals surface area contributed by atoms with Gasteiger partial charge in [0.25, 0.3) is 0 Å². The Morgan fingerprint density at radius 1 is 1.32 bits per heavy atom. The van der Waals surface area contributed by atoms with E-state index in [-0.39, 0.29) is 5.69 Å². The molecule has 96 valence electrons. The molecule has 19 heavy (non-hydrogen) atoms. The van der Waals surface area contributed by atoms with Crippen LogP contribution in [0.2, 0.25) is 0 Å². The lowest BCUT2D eigenvalue weighted by Gasteiger charge is -2.08. The highest BCUT2D eigenvalue weighted by Crippen LogP contribution is 2.27. The third kappa shape index (κ3) is 2.08. The van der Waals surface area contributed by atoms with Crippen LogP contribution in [0.25, 0.3) is 22.3 Å². The lowest BCUT2D eigenvalue weighted by Crippen LogP contribution is -2.01. The largest absolute Gasteiger partial charge is 0.478 e. The first-order valence-corrected chi connectivity index (χ1v) is 5.95. The summed E-state index contributed by atoms with van der Waals surface area (Å²) < 4.78 is 5.55. The SMILES string of the molecule is CCOc1nc(-c2n[nH]c(=O)[nH]2)cc2ccccc12. The number of nitrogens with zero attached hydrogens (tertiary/aromatic N) is 2. The Morgan fingerprint density at radius 2 is 2.16 bits per heavy atom. The third-order valence-electron chi connectivity index (χ3n) is 2.73. The Morgan fingerprint density at radius 3 is 2.89 bits per heavy atom. The van der Waals surface area contributed by atoms with Gasteiger partial charge in [-0.25, -0.2) is 14.9 Å². The zero-order valence-corrected chi connectivity index (χ0v) is 10.3. The Labute approximate surface area is 108 Å². The smallest absolute Gasteiger partial charge is 0.340 e. The molecule has 0 radical (unpaired) electrons. The summed E-state index contributed by atoms with van der Waals surface area (Å²) in [6.45, 7) is 2.43. The molecule has 0 spiro atoms. The van der Waals surface area contributed by atoms with Crippen molar-refractivity contribution in [3.05, 3.63) is 40.8 Å². The van der Waals surface area contributed by atoms with Crippen molar-refractivity contribution in [1.82, 2.24) is 20.2 Å². The normalized spacial score (nSPS) is 10.8. The van der Waals surface area contributed by atoms with Crippen molar-refractivity contribution in [3.63, 3.8) is 0 Å². The van der Waals surface area contributed by atoms with Gasteiger partial charge < -0.3 is 4.74 Å².